The molecule has 0 aliphatic heterocycles. The van der Waals surface area contributed by atoms with Gasteiger partial charge in [-0.05, 0) is 44.5 Å². The Labute approximate surface area is 145 Å². The second kappa shape index (κ2) is 7.81. The number of benzene rings is 2. The smallest absolute Gasteiger partial charge is 0.165 e. The number of halogens is 1. The first-order valence-corrected chi connectivity index (χ1v) is 8.79. The van der Waals surface area contributed by atoms with Gasteiger partial charge in [0, 0.05) is 12.0 Å². The molecule has 5 heteroatoms. The minimum Gasteiger partial charge on any atom is -0.591 e. The van der Waals surface area contributed by atoms with Crippen LogP contribution in [0.5, 0.6) is 5.75 Å². The monoisotopic (exact) mass is 347 g/mol. The Kier molecular flexibility index (Phi) is 6.02. The molecule has 0 spiro atoms. The first-order valence-electron chi connectivity index (χ1n) is 7.68. The first kappa shape index (κ1) is 18.5. The van der Waals surface area contributed by atoms with E-state index in [-0.39, 0.29) is 5.75 Å². The fraction of sp³-hybridized carbons (Fsp3) is 0.316. The van der Waals surface area contributed by atoms with E-state index < -0.39 is 21.9 Å². The van der Waals surface area contributed by atoms with Crippen LogP contribution < -0.4 is 4.74 Å². The molecule has 0 aromatic heterocycles. The van der Waals surface area contributed by atoms with Crippen LogP contribution in [0.1, 0.15) is 31.9 Å². The van der Waals surface area contributed by atoms with Crippen LogP contribution in [0.4, 0.5) is 4.39 Å². The van der Waals surface area contributed by atoms with E-state index in [1.54, 1.807) is 12.1 Å². The van der Waals surface area contributed by atoms with E-state index in [2.05, 4.69) is 4.40 Å². The molecule has 3 nitrogen and oxygen atoms in total. The quantitative estimate of drug-likeness (QED) is 0.597. The molecule has 2 aromatic rings. The fourth-order valence-corrected chi connectivity index (χ4v) is 2.70. The number of hydrogen-bond acceptors (Lipinski definition) is 3. The minimum absolute atomic E-state index is 0.148. The molecule has 128 valence electrons. The van der Waals surface area contributed by atoms with Crippen LogP contribution in [0.25, 0.3) is 0 Å². The molecule has 0 aliphatic rings. The Balaban J connectivity index is 2.44. The highest BCUT2D eigenvalue weighted by Gasteiger charge is 2.27. The minimum atomic E-state index is -1.40. The summed E-state index contributed by atoms with van der Waals surface area (Å²) in [5.74, 6) is -0.285. The zero-order valence-corrected chi connectivity index (χ0v) is 15.2. The average molecular weight is 347 g/mol. The molecular formula is C19H22FNO2S. The van der Waals surface area contributed by atoms with Crippen molar-refractivity contribution >= 4 is 17.1 Å². The molecule has 0 N–H and O–H groups in total. The molecule has 0 amide bonds. The lowest BCUT2D eigenvalue weighted by Crippen LogP contribution is -2.27. The number of hydrogen-bond donors (Lipinski definition) is 0. The number of methoxy groups -OCH3 is 1. The van der Waals surface area contributed by atoms with Crippen molar-refractivity contribution in [3.8, 4) is 5.75 Å². The molecule has 0 saturated carbocycles. The Bertz CT molecular complexity index is 711. The third-order valence-corrected chi connectivity index (χ3v) is 4.85. The summed E-state index contributed by atoms with van der Waals surface area (Å²) >= 11 is -1.40. The predicted molar refractivity (Wildman–Crippen MR) is 97.5 cm³/mol. The lowest BCUT2D eigenvalue weighted by atomic mass is 10.0. The summed E-state index contributed by atoms with van der Waals surface area (Å²) in [7, 11) is 1.42. The van der Waals surface area contributed by atoms with Gasteiger partial charge in [0.25, 0.3) is 0 Å². The summed E-state index contributed by atoms with van der Waals surface area (Å²) in [5, 5.41) is 0. The van der Waals surface area contributed by atoms with E-state index in [1.807, 2.05) is 51.1 Å². The van der Waals surface area contributed by atoms with Crippen molar-refractivity contribution in [3.63, 3.8) is 0 Å². The van der Waals surface area contributed by atoms with E-state index in [9.17, 15) is 8.94 Å². The molecule has 2 rings (SSSR count). The predicted octanol–water partition coefficient (Wildman–Crippen LogP) is 4.33. The van der Waals surface area contributed by atoms with Crippen molar-refractivity contribution in [2.45, 2.75) is 31.9 Å². The Morgan fingerprint density at radius 2 is 1.83 bits per heavy atom. The van der Waals surface area contributed by atoms with Crippen LogP contribution >= 0.6 is 0 Å². The van der Waals surface area contributed by atoms with Crippen molar-refractivity contribution in [2.24, 2.45) is 4.40 Å². The molecule has 0 bridgehead atoms. The lowest BCUT2D eigenvalue weighted by molar-refractivity contribution is 0.386. The van der Waals surface area contributed by atoms with Crippen molar-refractivity contribution in [1.29, 1.82) is 0 Å². The number of ether oxygens (including phenoxy) is 1. The van der Waals surface area contributed by atoms with Gasteiger partial charge in [-0.25, -0.2) is 4.39 Å². The van der Waals surface area contributed by atoms with E-state index in [4.69, 9.17) is 4.74 Å². The SMILES string of the molecule is COc1cc(/C(Cc2ccccc2)=N/[S@+]([O-])C(C)(C)C)ccc1F. The normalized spacial score (nSPS) is 13.7. The third-order valence-electron chi connectivity index (χ3n) is 3.42. The molecule has 0 unspecified atom stereocenters. The van der Waals surface area contributed by atoms with Gasteiger partial charge in [-0.3, -0.25) is 0 Å². The maximum atomic E-state index is 13.7. The van der Waals surface area contributed by atoms with E-state index in [0.717, 1.165) is 5.56 Å². The van der Waals surface area contributed by atoms with Crippen LogP contribution in [-0.4, -0.2) is 22.1 Å². The second-order valence-electron chi connectivity index (χ2n) is 6.41. The summed E-state index contributed by atoms with van der Waals surface area (Å²) in [4.78, 5) is 0. The lowest BCUT2D eigenvalue weighted by Gasteiger charge is -2.19. The molecular weight excluding hydrogens is 325 g/mol. The van der Waals surface area contributed by atoms with Gasteiger partial charge >= 0.3 is 0 Å². The van der Waals surface area contributed by atoms with Crippen molar-refractivity contribution in [1.82, 2.24) is 0 Å². The summed E-state index contributed by atoms with van der Waals surface area (Å²) in [5.41, 5.74) is 2.40. The summed E-state index contributed by atoms with van der Waals surface area (Å²) in [6, 6.07) is 14.4. The van der Waals surface area contributed by atoms with Crippen LogP contribution in [-0.2, 0) is 17.8 Å². The van der Waals surface area contributed by atoms with Gasteiger partial charge in [-0.1, -0.05) is 34.7 Å². The van der Waals surface area contributed by atoms with E-state index >= 15 is 0 Å². The van der Waals surface area contributed by atoms with Crippen LogP contribution in [0.2, 0.25) is 0 Å². The highest BCUT2D eigenvalue weighted by atomic mass is 32.2. The first-order chi connectivity index (χ1) is 11.3. The molecule has 0 radical (unpaired) electrons. The van der Waals surface area contributed by atoms with Crippen LogP contribution in [0.3, 0.4) is 0 Å². The number of rotatable bonds is 5. The van der Waals surface area contributed by atoms with E-state index in [1.165, 1.54) is 13.2 Å². The van der Waals surface area contributed by atoms with Gasteiger partial charge in [0.2, 0.25) is 0 Å². The Hall–Kier alpha value is -1.85. The molecule has 0 saturated heterocycles. The maximum Gasteiger partial charge on any atom is 0.165 e. The summed E-state index contributed by atoms with van der Waals surface area (Å²) in [6.07, 6.45) is 0.511. The van der Waals surface area contributed by atoms with Crippen molar-refractivity contribution in [3.05, 3.63) is 65.5 Å². The highest BCUT2D eigenvalue weighted by Crippen LogP contribution is 2.23. The van der Waals surface area contributed by atoms with Crippen molar-refractivity contribution in [2.75, 3.05) is 7.11 Å². The zero-order valence-electron chi connectivity index (χ0n) is 14.4. The van der Waals surface area contributed by atoms with Crippen LogP contribution in [0, 0.1) is 5.82 Å². The summed E-state index contributed by atoms with van der Waals surface area (Å²) < 4.78 is 35.2. The Morgan fingerprint density at radius 1 is 1.17 bits per heavy atom. The number of nitrogens with zero attached hydrogens (tertiary/aromatic N) is 1. The summed E-state index contributed by atoms with van der Waals surface area (Å²) in [6.45, 7) is 5.62. The van der Waals surface area contributed by atoms with Crippen molar-refractivity contribution < 1.29 is 13.7 Å². The molecule has 0 fully saturated rings. The van der Waals surface area contributed by atoms with Gasteiger partial charge in [0.05, 0.1) is 7.11 Å². The zero-order chi connectivity index (χ0) is 17.7. The van der Waals surface area contributed by atoms with Gasteiger partial charge in [-0.2, -0.15) is 0 Å². The highest BCUT2D eigenvalue weighted by molar-refractivity contribution is 7.91. The second-order valence-corrected chi connectivity index (χ2v) is 8.32. The molecule has 1 atom stereocenters. The molecule has 0 heterocycles. The topological polar surface area (TPSA) is 44.6 Å². The largest absolute Gasteiger partial charge is 0.591 e. The third kappa shape index (κ3) is 4.82. The maximum absolute atomic E-state index is 13.7. The average Bonchev–Trinajstić information content (AvgIpc) is 2.54. The standard InChI is InChI=1S/C19H22FNO2S/c1-19(2,3)24(22)21-17(12-14-8-6-5-7-9-14)15-10-11-16(20)18(13-15)23-4/h5-11,13H,12H2,1-4H3/b21-17+/t24-/m1/s1. The van der Waals surface area contributed by atoms with E-state index in [0.29, 0.717) is 17.7 Å². The molecule has 2 aromatic carbocycles. The fourth-order valence-electron chi connectivity index (χ4n) is 2.05. The van der Waals surface area contributed by atoms with Gasteiger partial charge < -0.3 is 9.29 Å². The molecule has 24 heavy (non-hydrogen) atoms. The van der Waals surface area contributed by atoms with Crippen LogP contribution in [0.15, 0.2) is 52.9 Å². The van der Waals surface area contributed by atoms with Gasteiger partial charge in [-0.15, -0.1) is 0 Å². The Morgan fingerprint density at radius 3 is 2.42 bits per heavy atom. The van der Waals surface area contributed by atoms with Gasteiger partial charge in [0.1, 0.15) is 21.8 Å². The van der Waals surface area contributed by atoms with Gasteiger partial charge in [0.15, 0.2) is 11.6 Å². The molecule has 0 aliphatic carbocycles.